The summed E-state index contributed by atoms with van der Waals surface area (Å²) in [5.74, 6) is -0.909. The van der Waals surface area contributed by atoms with Crippen LogP contribution in [-0.4, -0.2) is 237 Å². The van der Waals surface area contributed by atoms with E-state index in [4.69, 9.17) is 43.9 Å². The van der Waals surface area contributed by atoms with Crippen LogP contribution in [0.1, 0.15) is 73.7 Å². The van der Waals surface area contributed by atoms with E-state index in [1.807, 2.05) is 239 Å². The molecule has 6 heterocycles. The predicted octanol–water partition coefficient (Wildman–Crippen LogP) is 12.9. The van der Waals surface area contributed by atoms with Crippen LogP contribution in [0.4, 0.5) is 0 Å². The summed E-state index contributed by atoms with van der Waals surface area (Å²) in [4.78, 5) is 122. The quantitative estimate of drug-likeness (QED) is 0.00642. The number of hydrogen-bond acceptors (Lipinski definition) is 19. The zero-order chi connectivity index (χ0) is 88.9. The topological polar surface area (TPSA) is 346 Å². The van der Waals surface area contributed by atoms with Gasteiger partial charge < -0.3 is 39.2 Å². The zero-order valence-electron chi connectivity index (χ0n) is 71.0. The summed E-state index contributed by atoms with van der Waals surface area (Å²) in [6.45, 7) is 11.1. The van der Waals surface area contributed by atoms with Crippen molar-refractivity contribution < 1.29 is 88.8 Å². The van der Waals surface area contributed by atoms with Crippen LogP contribution >= 0.6 is 50.1 Å². The molecule has 2 amide bonds. The van der Waals surface area contributed by atoms with E-state index in [9.17, 15) is 38.4 Å². The number of halogens is 3. The molecule has 10 aromatic carbocycles. The van der Waals surface area contributed by atoms with Crippen LogP contribution in [0.25, 0.3) is 32.9 Å². The maximum atomic E-state index is 13.8. The Hall–Kier alpha value is -7.05. The van der Waals surface area contributed by atoms with E-state index in [0.29, 0.717) is 63.4 Å². The fourth-order valence-electron chi connectivity index (χ4n) is 15.0. The molecule has 0 bridgehead atoms. The normalized spacial score (nSPS) is 17.8. The molecular weight excluding hydrogens is 1890 g/mol. The first-order chi connectivity index (χ1) is 59.8. The first-order valence-corrected chi connectivity index (χ1v) is 48.8. The van der Waals surface area contributed by atoms with Crippen LogP contribution in [-0.2, 0) is 125 Å². The van der Waals surface area contributed by atoms with Crippen molar-refractivity contribution in [2.24, 2.45) is 0 Å². The number of fused-ring (bicyclic) bond motifs is 2. The number of aryl methyl sites for hydroxylation is 4. The molecule has 4 saturated heterocycles. The predicted molar refractivity (Wildman–Crippen MR) is 503 cm³/mol. The SMILES string of the molecule is CCOC(=O)Cc1c[nH]c2ccc(-c3ccc(C)c(C)c3)cc12.COC(=O)Cc1c[nH]c2ccc(Br)cc12.Cc1ccc(B(O)O)cc1C.O=C1NC(Cc2ccccc2)C(=O)[PH]2(NC1Cc1ccccc1)NC(Cc1ccccc1)C2=O.O=C1NC(Cc2ccccc2)C(=O)[PH]2(NC1Cc1ccccc1)NC(Cc1ccccc1)C2=O.O=[C-]OO.[Cl][Pd][Cl].[K].[K]. The van der Waals surface area contributed by atoms with Gasteiger partial charge in [0.2, 0.25) is 0 Å². The van der Waals surface area contributed by atoms with Crippen molar-refractivity contribution in [3.8, 4) is 11.1 Å². The van der Waals surface area contributed by atoms with Crippen molar-refractivity contribution in [3.63, 3.8) is 0 Å². The van der Waals surface area contributed by atoms with E-state index >= 15 is 0 Å². The third-order valence-corrected chi connectivity index (χ3v) is 29.6. The van der Waals surface area contributed by atoms with Gasteiger partial charge in [0.25, 0.3) is 0 Å². The van der Waals surface area contributed by atoms with Crippen molar-refractivity contribution in [3.05, 3.63) is 338 Å². The van der Waals surface area contributed by atoms with Gasteiger partial charge in [0.1, 0.15) is 0 Å². The largest absolute Gasteiger partial charge is 0 e. The van der Waals surface area contributed by atoms with E-state index in [-0.39, 0.29) is 165 Å². The molecule has 23 nitrogen and oxygen atoms in total. The summed E-state index contributed by atoms with van der Waals surface area (Å²) in [6.07, 6.45) is 6.92. The molecule has 126 heavy (non-hydrogen) atoms. The second-order valence-electron chi connectivity index (χ2n) is 30.1. The third kappa shape index (κ3) is 29.0. The molecule has 4 fully saturated rings. The Morgan fingerprint density at radius 3 is 1.11 bits per heavy atom. The van der Waals surface area contributed by atoms with Gasteiger partial charge in [0, 0.05) is 141 Å². The number of aromatic nitrogens is 2. The van der Waals surface area contributed by atoms with E-state index in [2.05, 4.69) is 117 Å². The Balaban J connectivity index is 0.000000199. The fraction of sp³-hybridized carbons (Fsp3) is 0.223. The number of carbonyl (C=O) groups is 8. The minimum absolute atomic E-state index is 0. The Morgan fingerprint density at radius 2 is 0.762 bits per heavy atom. The van der Waals surface area contributed by atoms with Crippen LogP contribution < -0.4 is 36.4 Å². The molecule has 4 aliphatic heterocycles. The smallest absolute Gasteiger partial charge is 0 e. The van der Waals surface area contributed by atoms with Gasteiger partial charge in [-0.15, -0.1) is 0 Å². The van der Waals surface area contributed by atoms with E-state index < -0.39 is 58.5 Å². The number of H-pyrrole nitrogens is 2. The number of methoxy groups -OCH3 is 1. The second-order valence-corrected chi connectivity index (χ2v) is 39.5. The van der Waals surface area contributed by atoms with Gasteiger partial charge in [-0.3, -0.25) is 9.59 Å². The van der Waals surface area contributed by atoms with Crippen molar-refractivity contribution in [2.75, 3.05) is 13.7 Å². The molecular formula is C94H99BBrCl2K2N8O15P2Pd-. The molecule has 12 aromatic rings. The molecule has 2 aromatic heterocycles. The van der Waals surface area contributed by atoms with E-state index in [1.54, 1.807) is 12.1 Å². The van der Waals surface area contributed by atoms with Crippen LogP contribution in [0.2, 0.25) is 0 Å². The maximum Gasteiger partial charge on any atom is 0 e. The Bertz CT molecular complexity index is 5450. The van der Waals surface area contributed by atoms with Gasteiger partial charge in [0.05, 0.1) is 26.6 Å². The maximum absolute atomic E-state index is 13.8. The number of nitrogens with one attached hydrogen (secondary N) is 8. The first-order valence-electron chi connectivity index (χ1n) is 40.0. The van der Waals surface area contributed by atoms with Gasteiger partial charge >= 0.3 is 453 Å². The number of hydrogen-bond donors (Lipinski definition) is 11. The molecule has 16 rings (SSSR count). The summed E-state index contributed by atoms with van der Waals surface area (Å²) >= 11 is 3.30. The van der Waals surface area contributed by atoms with Crippen LogP contribution in [0.5, 0.6) is 0 Å². The third-order valence-electron chi connectivity index (χ3n) is 21.7. The standard InChI is InChI=1S/2C27H28N3O3P.C20H21NO2.C11H10BrNO2.C8H11BO2.CHO3.2ClH.2K.Pd/c2*31-25-22(16-19-10-4-1-5-11-19)29-34(26(32)23(28-25)17-20-12-6-2-7-13-20)27(33)24(30-34)18-21-14-8-3-9-15-21;1-4-23-20(22)11-17-12-21-19-8-7-16(10-18(17)19)15-6-5-13(2)14(3)9-15;1-15-11(14)4-7-6-13-10-3-2-8(12)5-9(7)10;1-6-3-4-8(9(10)11)5-7(6)2;2-1-4-3;;;;;/h2*1-15,22-24,29-30,34H,16-18H2,(H,28,31);5-10,12,21H,4,11H2,1-3H3;2-3,5-6,13H,4H2,1H3;3-5,10-11H,1-2H3;3H;2*1H;;;/q;;;;;-1;;;;;+2/p-2. The number of rotatable bonds is 20. The Kier molecular flexibility index (Phi) is 43.1. The molecule has 11 N–H and O–H groups in total. The molecule has 6 unspecified atom stereocenters. The van der Waals surface area contributed by atoms with Crippen LogP contribution in [0.3, 0.4) is 0 Å². The van der Waals surface area contributed by atoms with Crippen molar-refractivity contribution in [1.29, 1.82) is 0 Å². The number of benzene rings is 10. The number of esters is 2. The Labute approximate surface area is 844 Å². The van der Waals surface area contributed by atoms with Gasteiger partial charge in [-0.2, -0.15) is 0 Å². The van der Waals surface area contributed by atoms with Crippen molar-refractivity contribution in [1.82, 2.24) is 41.0 Å². The van der Waals surface area contributed by atoms with Crippen LogP contribution in [0, 0.1) is 27.7 Å². The summed E-state index contributed by atoms with van der Waals surface area (Å²) < 4.78 is 10.7. The number of carbonyl (C=O) groups excluding carboxylic acids is 9. The van der Waals surface area contributed by atoms with Crippen LogP contribution in [0.15, 0.2) is 272 Å². The molecule has 0 saturated carbocycles. The summed E-state index contributed by atoms with van der Waals surface area (Å²) in [5, 5.41) is 45.9. The molecule has 32 heteroatoms. The molecule has 2 spiro atoms. The average Bonchev–Trinajstić information content (AvgIpc) is 1.40. The fourth-order valence-corrected chi connectivity index (χ4v) is 22.5. The summed E-state index contributed by atoms with van der Waals surface area (Å²) in [7, 11) is 2.79. The first kappa shape index (κ1) is 104. The van der Waals surface area contributed by atoms with E-state index in [0.717, 1.165) is 93.9 Å². The van der Waals surface area contributed by atoms with Gasteiger partial charge in [0.15, 0.2) is 0 Å². The van der Waals surface area contributed by atoms with E-state index in [1.165, 1.54) is 23.8 Å². The monoisotopic (exact) mass is 1990 g/mol. The molecule has 6 atom stereocenters. The van der Waals surface area contributed by atoms with Gasteiger partial charge in [-0.1, -0.05) is 58.4 Å². The summed E-state index contributed by atoms with van der Waals surface area (Å²) in [6, 6.07) is 78.5. The number of aromatic amines is 2. The zero-order valence-corrected chi connectivity index (χ0v) is 83.9. The van der Waals surface area contributed by atoms with Gasteiger partial charge in [-0.25, -0.2) is 5.26 Å². The van der Waals surface area contributed by atoms with Crippen molar-refractivity contribution >= 4 is 240 Å². The Morgan fingerprint density at radius 1 is 0.444 bits per heavy atom. The molecule has 0 aliphatic carbocycles. The number of amides is 2. The molecule has 4 aliphatic rings. The molecule has 652 valence electrons. The minimum Gasteiger partial charge on any atom is 0 e. The summed E-state index contributed by atoms with van der Waals surface area (Å²) in [5.41, 5.74) is 17.1. The average molecular weight is 1990 g/mol. The van der Waals surface area contributed by atoms with Gasteiger partial charge in [-0.05, 0) is 121 Å². The van der Waals surface area contributed by atoms with Crippen molar-refractivity contribution in [2.45, 2.75) is 122 Å². The molecule has 2 radical (unpaired) electrons. The minimum atomic E-state index is -3.44. The second kappa shape index (κ2) is 52.1. The number of ether oxygens (including phenoxy) is 2.